The molecule has 0 spiro atoms. The summed E-state index contributed by atoms with van der Waals surface area (Å²) in [4.78, 5) is 12.7. The summed E-state index contributed by atoms with van der Waals surface area (Å²) >= 11 is 5.42. The van der Waals surface area contributed by atoms with Gasteiger partial charge < -0.3 is 30.6 Å². The molecule has 37 heavy (non-hydrogen) atoms. The maximum Gasteiger partial charge on any atom is 0.313 e. The highest BCUT2D eigenvalue weighted by atomic mass is 32.1. The minimum Gasteiger partial charge on any atom is -0.454 e. The number of nitrogens with two attached hydrogens (primary N) is 1. The Kier molecular flexibility index (Phi) is 7.20. The summed E-state index contributed by atoms with van der Waals surface area (Å²) in [6.45, 7) is 0.169. The zero-order valence-corrected chi connectivity index (χ0v) is 20.4. The lowest BCUT2D eigenvalue weighted by atomic mass is 10.0. The zero-order valence-electron chi connectivity index (χ0n) is 19.6. The number of thiocarbonyl (C=S) groups is 1. The van der Waals surface area contributed by atoms with Gasteiger partial charge in [-0.1, -0.05) is 48.5 Å². The number of rotatable bonds is 7. The van der Waals surface area contributed by atoms with Crippen LogP contribution < -0.4 is 30.6 Å². The molecule has 1 aliphatic heterocycles. The predicted molar refractivity (Wildman–Crippen MR) is 143 cm³/mol. The van der Waals surface area contributed by atoms with E-state index in [1.54, 1.807) is 48.5 Å². The Labute approximate surface area is 218 Å². The van der Waals surface area contributed by atoms with Crippen LogP contribution in [0.15, 0.2) is 84.9 Å². The molecule has 4 N–H and O–H groups in total. The smallest absolute Gasteiger partial charge is 0.313 e. The molecular formula is C27H23N5O4S. The summed E-state index contributed by atoms with van der Waals surface area (Å²) in [5, 5.41) is 14.7. The second-order valence-corrected chi connectivity index (χ2v) is 8.55. The van der Waals surface area contributed by atoms with Crippen LogP contribution in [0.2, 0.25) is 0 Å². The van der Waals surface area contributed by atoms with Crippen LogP contribution in [-0.4, -0.2) is 28.1 Å². The normalized spacial score (nSPS) is 12.5. The van der Waals surface area contributed by atoms with Gasteiger partial charge in [0.25, 0.3) is 0 Å². The van der Waals surface area contributed by atoms with Gasteiger partial charge in [0, 0.05) is 11.6 Å². The molecule has 0 saturated heterocycles. The highest BCUT2D eigenvalue weighted by molar-refractivity contribution is 7.80. The summed E-state index contributed by atoms with van der Waals surface area (Å²) in [7, 11) is 0. The Morgan fingerprint density at radius 3 is 2.54 bits per heavy atom. The van der Waals surface area contributed by atoms with Gasteiger partial charge in [-0.2, -0.15) is 0 Å². The average Bonchev–Trinajstić information content (AvgIpc) is 3.39. The average molecular weight is 514 g/mol. The first-order valence-corrected chi connectivity index (χ1v) is 11.9. The summed E-state index contributed by atoms with van der Waals surface area (Å²) in [5.74, 6) is 1.57. The predicted octanol–water partition coefficient (Wildman–Crippen LogP) is 4.68. The molecule has 0 amide bonds. The van der Waals surface area contributed by atoms with E-state index in [2.05, 4.69) is 20.8 Å². The third-order valence-corrected chi connectivity index (χ3v) is 5.75. The summed E-state index contributed by atoms with van der Waals surface area (Å²) in [5.41, 5.74) is 9.22. The van der Waals surface area contributed by atoms with Gasteiger partial charge in [-0.3, -0.25) is 4.79 Å². The molecule has 1 unspecified atom stereocenters. The SMILES string of the molecule is NC(CC(=O)Oc1ccccc1NC(=S)Nc1ccc(-c2ccccc2)nn1)c1ccc2c(c1)OCO2. The molecule has 2 heterocycles. The van der Waals surface area contributed by atoms with Gasteiger partial charge >= 0.3 is 5.97 Å². The van der Waals surface area contributed by atoms with Gasteiger partial charge in [-0.15, -0.1) is 10.2 Å². The van der Waals surface area contributed by atoms with Gasteiger partial charge in [0.2, 0.25) is 6.79 Å². The Balaban J connectivity index is 1.18. The molecule has 1 aliphatic rings. The molecule has 0 fully saturated rings. The summed E-state index contributed by atoms with van der Waals surface area (Å²) in [6.07, 6.45) is -0.0278. The largest absolute Gasteiger partial charge is 0.454 e. The molecule has 0 saturated carbocycles. The highest BCUT2D eigenvalue weighted by Gasteiger charge is 2.19. The van der Waals surface area contributed by atoms with Gasteiger partial charge in [0.15, 0.2) is 28.2 Å². The minimum atomic E-state index is -0.567. The van der Waals surface area contributed by atoms with E-state index in [-0.39, 0.29) is 18.3 Å². The number of nitrogens with one attached hydrogen (secondary N) is 2. The first kappa shape index (κ1) is 24.2. The van der Waals surface area contributed by atoms with Crippen molar-refractivity contribution in [1.29, 1.82) is 0 Å². The van der Waals surface area contributed by atoms with Crippen molar-refractivity contribution < 1.29 is 19.0 Å². The minimum absolute atomic E-state index is 0.0278. The van der Waals surface area contributed by atoms with Crippen LogP contribution in [0.25, 0.3) is 11.3 Å². The van der Waals surface area contributed by atoms with E-state index >= 15 is 0 Å². The third kappa shape index (κ3) is 6.00. The monoisotopic (exact) mass is 513 g/mol. The van der Waals surface area contributed by atoms with Crippen LogP contribution in [0.4, 0.5) is 11.5 Å². The first-order valence-electron chi connectivity index (χ1n) is 11.5. The molecule has 0 aliphatic carbocycles. The number of nitrogens with zero attached hydrogens (tertiary/aromatic N) is 2. The lowest BCUT2D eigenvalue weighted by molar-refractivity contribution is -0.134. The number of ether oxygens (including phenoxy) is 3. The quantitative estimate of drug-likeness (QED) is 0.183. The van der Waals surface area contributed by atoms with E-state index < -0.39 is 12.0 Å². The second kappa shape index (κ2) is 11.0. The zero-order chi connectivity index (χ0) is 25.6. The highest BCUT2D eigenvalue weighted by Crippen LogP contribution is 2.34. The van der Waals surface area contributed by atoms with Crippen molar-refractivity contribution in [2.75, 3.05) is 17.4 Å². The molecule has 186 valence electrons. The van der Waals surface area contributed by atoms with E-state index in [1.807, 2.05) is 36.4 Å². The Morgan fingerprint density at radius 2 is 1.73 bits per heavy atom. The van der Waals surface area contributed by atoms with Crippen LogP contribution in [0.3, 0.4) is 0 Å². The molecule has 9 nitrogen and oxygen atoms in total. The van der Waals surface area contributed by atoms with Gasteiger partial charge in [0.05, 0.1) is 17.8 Å². The van der Waals surface area contributed by atoms with Gasteiger partial charge in [-0.05, 0) is 54.2 Å². The van der Waals surface area contributed by atoms with E-state index in [0.29, 0.717) is 28.8 Å². The molecule has 0 bridgehead atoms. The number of carbonyl (C=O) groups excluding carboxylic acids is 1. The van der Waals surface area contributed by atoms with Crippen LogP contribution >= 0.6 is 12.2 Å². The first-order chi connectivity index (χ1) is 18.0. The van der Waals surface area contributed by atoms with Crippen LogP contribution in [0.5, 0.6) is 17.2 Å². The van der Waals surface area contributed by atoms with Gasteiger partial charge in [-0.25, -0.2) is 0 Å². The van der Waals surface area contributed by atoms with Crippen LogP contribution in [0, 0.1) is 0 Å². The fourth-order valence-corrected chi connectivity index (χ4v) is 3.91. The summed E-state index contributed by atoms with van der Waals surface area (Å²) in [6, 6.07) is 25.2. The Bertz CT molecular complexity index is 1420. The molecule has 1 atom stereocenters. The number of benzene rings is 3. The van der Waals surface area contributed by atoms with Crippen LogP contribution in [-0.2, 0) is 4.79 Å². The lowest BCUT2D eigenvalue weighted by Crippen LogP contribution is -2.22. The van der Waals surface area contributed by atoms with Crippen molar-refractivity contribution in [3.05, 3.63) is 90.5 Å². The number of esters is 1. The van der Waals surface area contributed by atoms with Crippen molar-refractivity contribution in [3.63, 3.8) is 0 Å². The molecule has 10 heteroatoms. The maximum absolute atomic E-state index is 12.7. The standard InChI is InChI=1S/C27H23N5O4S/c28-19(18-10-12-23-24(14-18)35-16-34-23)15-26(33)36-22-9-5-4-8-21(22)29-27(37)30-25-13-11-20(31-32-25)17-6-2-1-3-7-17/h1-14,19H,15-16,28H2,(H2,29,30,32,37). The molecule has 0 radical (unpaired) electrons. The number of fused-ring (bicyclic) bond motifs is 1. The maximum atomic E-state index is 12.7. The Hall–Kier alpha value is -4.54. The fraction of sp³-hybridized carbons (Fsp3) is 0.111. The number of para-hydroxylation sites is 2. The van der Waals surface area contributed by atoms with E-state index in [1.165, 1.54) is 0 Å². The topological polar surface area (TPSA) is 121 Å². The second-order valence-electron chi connectivity index (χ2n) is 8.14. The molecular weight excluding hydrogens is 490 g/mol. The van der Waals surface area contributed by atoms with E-state index in [0.717, 1.165) is 16.8 Å². The van der Waals surface area contributed by atoms with Crippen molar-refractivity contribution in [1.82, 2.24) is 10.2 Å². The number of hydrogen-bond acceptors (Lipinski definition) is 8. The molecule has 4 aromatic rings. The van der Waals surface area contributed by atoms with Gasteiger partial charge in [0.1, 0.15) is 0 Å². The third-order valence-electron chi connectivity index (χ3n) is 5.55. The van der Waals surface area contributed by atoms with Crippen LogP contribution in [0.1, 0.15) is 18.0 Å². The fourth-order valence-electron chi connectivity index (χ4n) is 3.70. The number of aromatic nitrogens is 2. The van der Waals surface area contributed by atoms with Crippen molar-refractivity contribution in [2.24, 2.45) is 5.73 Å². The van der Waals surface area contributed by atoms with Crippen molar-refractivity contribution in [2.45, 2.75) is 12.5 Å². The lowest BCUT2D eigenvalue weighted by Gasteiger charge is -2.15. The van der Waals surface area contributed by atoms with E-state index in [9.17, 15) is 4.79 Å². The molecule has 1 aromatic heterocycles. The van der Waals surface area contributed by atoms with E-state index in [4.69, 9.17) is 32.2 Å². The number of carbonyl (C=O) groups is 1. The molecule has 3 aromatic carbocycles. The Morgan fingerprint density at radius 1 is 0.946 bits per heavy atom. The molecule has 5 rings (SSSR count). The number of anilines is 2. The summed E-state index contributed by atoms with van der Waals surface area (Å²) < 4.78 is 16.3. The van der Waals surface area contributed by atoms with Crippen molar-refractivity contribution >= 4 is 34.8 Å². The van der Waals surface area contributed by atoms with Crippen molar-refractivity contribution in [3.8, 4) is 28.5 Å². The number of hydrogen-bond donors (Lipinski definition) is 3.